The smallest absolute Gasteiger partial charge is 0.261 e. The summed E-state index contributed by atoms with van der Waals surface area (Å²) in [6, 6.07) is 18.6. The summed E-state index contributed by atoms with van der Waals surface area (Å²) in [6.07, 6.45) is 1.80. The zero-order valence-corrected chi connectivity index (χ0v) is 16.4. The van der Waals surface area contributed by atoms with Crippen LogP contribution in [0.5, 0.6) is 5.75 Å². The van der Waals surface area contributed by atoms with E-state index >= 15 is 0 Å². The first-order valence-corrected chi connectivity index (χ1v) is 9.94. The summed E-state index contributed by atoms with van der Waals surface area (Å²) in [5, 5.41) is 2.79. The first kappa shape index (κ1) is 19.6. The maximum atomic E-state index is 12.6. The highest BCUT2D eigenvalue weighted by Gasteiger charge is 2.22. The molecule has 0 fully saturated rings. The van der Waals surface area contributed by atoms with Crippen LogP contribution in [0, 0.1) is 0 Å². The quantitative estimate of drug-likeness (QED) is 0.661. The van der Waals surface area contributed by atoms with Crippen LogP contribution in [0.1, 0.15) is 50.4 Å². The van der Waals surface area contributed by atoms with Gasteiger partial charge in [-0.05, 0) is 42.2 Å². The molecule has 0 radical (unpaired) electrons. The molecule has 0 unspecified atom stereocenters. The molecule has 1 aliphatic rings. The second kappa shape index (κ2) is 8.78. The summed E-state index contributed by atoms with van der Waals surface area (Å²) in [5.41, 5.74) is 2.39. The molecular weight excluding hydrogens is 380 g/mol. The van der Waals surface area contributed by atoms with Crippen molar-refractivity contribution < 1.29 is 14.3 Å². The molecule has 1 amide bonds. The fourth-order valence-corrected chi connectivity index (χ4v) is 3.56. The van der Waals surface area contributed by atoms with Crippen molar-refractivity contribution in [3.8, 4) is 5.75 Å². The van der Waals surface area contributed by atoms with Crippen molar-refractivity contribution in [1.29, 1.82) is 0 Å². The van der Waals surface area contributed by atoms with Crippen molar-refractivity contribution in [2.24, 2.45) is 0 Å². The van der Waals surface area contributed by atoms with Gasteiger partial charge in [-0.15, -0.1) is 0 Å². The molecule has 2 aromatic carbocycles. The van der Waals surface area contributed by atoms with E-state index in [4.69, 9.17) is 4.74 Å². The van der Waals surface area contributed by atoms with Crippen LogP contribution >= 0.6 is 0 Å². The number of carbonyl (C=O) groups excluding carboxylic acids is 2. The Bertz CT molecular complexity index is 1140. The van der Waals surface area contributed by atoms with Crippen molar-refractivity contribution >= 4 is 11.7 Å². The van der Waals surface area contributed by atoms with Crippen LogP contribution in [-0.4, -0.2) is 16.7 Å². The number of ether oxygens (including phenoxy) is 1. The second-order valence-corrected chi connectivity index (χ2v) is 7.23. The third-order valence-corrected chi connectivity index (χ3v) is 5.19. The molecular formula is C24H22N2O4. The van der Waals surface area contributed by atoms with Crippen LogP contribution in [0.2, 0.25) is 0 Å². The van der Waals surface area contributed by atoms with E-state index in [1.807, 2.05) is 54.6 Å². The first-order chi connectivity index (χ1) is 14.6. The Balaban J connectivity index is 1.46. The molecule has 4 rings (SSSR count). The Morgan fingerprint density at radius 1 is 0.967 bits per heavy atom. The number of ketones is 1. The molecule has 0 bridgehead atoms. The SMILES string of the molecule is O=C1CCCc2[nH]c(=O)c(C(=O)NCc3ccccc3COc3ccccc3)cc21. The van der Waals surface area contributed by atoms with E-state index in [9.17, 15) is 14.4 Å². The number of pyridine rings is 1. The minimum atomic E-state index is -0.504. The lowest BCUT2D eigenvalue weighted by molar-refractivity contribution is 0.0949. The Labute approximate surface area is 173 Å². The van der Waals surface area contributed by atoms with Crippen LogP contribution < -0.4 is 15.6 Å². The van der Waals surface area contributed by atoms with Gasteiger partial charge in [0.15, 0.2) is 5.78 Å². The van der Waals surface area contributed by atoms with Crippen LogP contribution in [0.25, 0.3) is 0 Å². The largest absolute Gasteiger partial charge is 0.489 e. The van der Waals surface area contributed by atoms with Crippen molar-refractivity contribution in [3.05, 3.63) is 99.0 Å². The summed E-state index contributed by atoms with van der Waals surface area (Å²) in [5.74, 6) is 0.225. The van der Waals surface area contributed by atoms with Gasteiger partial charge in [-0.25, -0.2) is 0 Å². The molecule has 1 aromatic heterocycles. The van der Waals surface area contributed by atoms with E-state index in [2.05, 4.69) is 10.3 Å². The average molecular weight is 402 g/mol. The van der Waals surface area contributed by atoms with Crippen LogP contribution in [0.4, 0.5) is 0 Å². The maximum Gasteiger partial charge on any atom is 0.261 e. The third kappa shape index (κ3) is 4.33. The minimum Gasteiger partial charge on any atom is -0.489 e. The van der Waals surface area contributed by atoms with Crippen molar-refractivity contribution in [2.45, 2.75) is 32.4 Å². The number of Topliss-reactive ketones (excluding diaryl/α,β-unsaturated/α-hetero) is 1. The average Bonchev–Trinajstić information content (AvgIpc) is 2.77. The summed E-state index contributed by atoms with van der Waals surface area (Å²) < 4.78 is 5.81. The van der Waals surface area contributed by atoms with E-state index in [1.165, 1.54) is 6.07 Å². The molecule has 6 nitrogen and oxygen atoms in total. The second-order valence-electron chi connectivity index (χ2n) is 7.23. The molecule has 1 aliphatic carbocycles. The number of H-pyrrole nitrogens is 1. The monoisotopic (exact) mass is 402 g/mol. The van der Waals surface area contributed by atoms with Crippen molar-refractivity contribution in [2.75, 3.05) is 0 Å². The highest BCUT2D eigenvalue weighted by Crippen LogP contribution is 2.19. The topological polar surface area (TPSA) is 88.3 Å². The van der Waals surface area contributed by atoms with Crippen molar-refractivity contribution in [3.63, 3.8) is 0 Å². The van der Waals surface area contributed by atoms with Gasteiger partial charge in [0.1, 0.15) is 17.9 Å². The van der Waals surface area contributed by atoms with E-state index < -0.39 is 11.5 Å². The van der Waals surface area contributed by atoms with Gasteiger partial charge in [0.05, 0.1) is 0 Å². The molecule has 30 heavy (non-hydrogen) atoms. The van der Waals surface area contributed by atoms with Gasteiger partial charge in [0, 0.05) is 24.2 Å². The number of aromatic amines is 1. The zero-order chi connectivity index (χ0) is 20.9. The Hall–Kier alpha value is -3.67. The predicted molar refractivity (Wildman–Crippen MR) is 113 cm³/mol. The van der Waals surface area contributed by atoms with Gasteiger partial charge in [-0.3, -0.25) is 14.4 Å². The molecule has 0 atom stereocenters. The van der Waals surface area contributed by atoms with Crippen LogP contribution in [0.3, 0.4) is 0 Å². The van der Waals surface area contributed by atoms with Crippen LogP contribution in [0.15, 0.2) is 65.5 Å². The molecule has 1 heterocycles. The predicted octanol–water partition coefficient (Wildman–Crippen LogP) is 3.40. The number of aromatic nitrogens is 1. The Morgan fingerprint density at radius 2 is 1.70 bits per heavy atom. The number of aryl methyl sites for hydroxylation is 1. The van der Waals surface area contributed by atoms with Crippen LogP contribution in [-0.2, 0) is 19.6 Å². The number of amides is 1. The van der Waals surface area contributed by atoms with Gasteiger partial charge in [0.25, 0.3) is 11.5 Å². The van der Waals surface area contributed by atoms with Gasteiger partial charge in [-0.2, -0.15) is 0 Å². The number of nitrogens with one attached hydrogen (secondary N) is 2. The van der Waals surface area contributed by atoms with E-state index in [0.717, 1.165) is 23.3 Å². The van der Waals surface area contributed by atoms with E-state index in [0.29, 0.717) is 30.7 Å². The summed E-state index contributed by atoms with van der Waals surface area (Å²) in [4.78, 5) is 39.8. The molecule has 0 saturated heterocycles. The summed E-state index contributed by atoms with van der Waals surface area (Å²) in [6.45, 7) is 0.613. The molecule has 3 aromatic rings. The number of rotatable bonds is 6. The number of hydrogen-bond acceptors (Lipinski definition) is 4. The fourth-order valence-electron chi connectivity index (χ4n) is 3.56. The van der Waals surface area contributed by atoms with E-state index in [1.54, 1.807) is 0 Å². The normalized spacial score (nSPS) is 12.9. The molecule has 0 spiro atoms. The Morgan fingerprint density at radius 3 is 2.50 bits per heavy atom. The molecule has 0 saturated carbocycles. The van der Waals surface area contributed by atoms with Gasteiger partial charge >= 0.3 is 0 Å². The molecule has 6 heteroatoms. The molecule has 2 N–H and O–H groups in total. The number of carbonyl (C=O) groups is 2. The lowest BCUT2D eigenvalue weighted by Crippen LogP contribution is -2.31. The van der Waals surface area contributed by atoms with Gasteiger partial charge in [0.2, 0.25) is 0 Å². The van der Waals surface area contributed by atoms with E-state index in [-0.39, 0.29) is 17.9 Å². The number of benzene rings is 2. The zero-order valence-electron chi connectivity index (χ0n) is 16.4. The third-order valence-electron chi connectivity index (χ3n) is 5.19. The molecule has 0 aliphatic heterocycles. The van der Waals surface area contributed by atoms with Gasteiger partial charge < -0.3 is 15.0 Å². The number of hydrogen-bond donors (Lipinski definition) is 2. The molecule has 152 valence electrons. The fraction of sp³-hybridized carbons (Fsp3) is 0.208. The standard InChI is InChI=1S/C24H22N2O4/c27-22-12-6-11-21-19(22)13-20(24(29)26-21)23(28)25-14-16-7-4-5-8-17(16)15-30-18-9-2-1-3-10-18/h1-5,7-10,13H,6,11-12,14-15H2,(H,25,28)(H,26,29). The highest BCUT2D eigenvalue weighted by molar-refractivity contribution is 6.01. The lowest BCUT2D eigenvalue weighted by Gasteiger charge is -2.15. The maximum absolute atomic E-state index is 12.6. The first-order valence-electron chi connectivity index (χ1n) is 9.94. The number of fused-ring (bicyclic) bond motifs is 1. The Kier molecular flexibility index (Phi) is 5.75. The summed E-state index contributed by atoms with van der Waals surface area (Å²) >= 11 is 0. The lowest BCUT2D eigenvalue weighted by atomic mass is 9.93. The number of para-hydroxylation sites is 1. The summed E-state index contributed by atoms with van der Waals surface area (Å²) in [7, 11) is 0. The van der Waals surface area contributed by atoms with Crippen molar-refractivity contribution in [1.82, 2.24) is 10.3 Å². The van der Waals surface area contributed by atoms with Gasteiger partial charge in [-0.1, -0.05) is 42.5 Å². The highest BCUT2D eigenvalue weighted by atomic mass is 16.5. The minimum absolute atomic E-state index is 0.0371.